The minimum Gasteiger partial charge on any atom is -0.390 e. The van der Waals surface area contributed by atoms with Crippen LogP contribution in [0.5, 0.6) is 0 Å². The predicted octanol–water partition coefficient (Wildman–Crippen LogP) is 7.03. The molecule has 1 aliphatic rings. The number of likely N-dealkylation sites (N-methyl/N-ethyl adjacent to an activating group) is 1. The maximum Gasteiger partial charge on any atom is 0.185 e. The number of unbranched alkanes of at least 4 members (excludes halogenated alkanes) is 15. The van der Waals surface area contributed by atoms with Gasteiger partial charge >= 0.3 is 0 Å². The number of quaternary nitrogens is 1. The highest BCUT2D eigenvalue weighted by Crippen LogP contribution is 2.19. The van der Waals surface area contributed by atoms with Gasteiger partial charge in [-0.15, -0.1) is 0 Å². The monoisotopic (exact) mass is 407 g/mol. The van der Waals surface area contributed by atoms with Crippen LogP contribution in [0.4, 0.5) is 0 Å². The highest BCUT2D eigenvalue weighted by Gasteiger charge is 2.34. The summed E-state index contributed by atoms with van der Waals surface area (Å²) in [5.41, 5.74) is 0. The molecule has 0 saturated carbocycles. The van der Waals surface area contributed by atoms with Crippen LogP contribution in [0, 0.1) is 0 Å². The Hall–Kier alpha value is -0.800. The van der Waals surface area contributed by atoms with Gasteiger partial charge in [0, 0.05) is 0 Å². The van der Waals surface area contributed by atoms with Crippen LogP contribution in [0.1, 0.15) is 117 Å². The first-order valence-corrected chi connectivity index (χ1v) is 12.9. The van der Waals surface area contributed by atoms with Crippen LogP contribution in [0.15, 0.2) is 24.6 Å². The summed E-state index contributed by atoms with van der Waals surface area (Å²) in [5, 5.41) is 12.8. The van der Waals surface area contributed by atoms with Gasteiger partial charge < -0.3 is 10.4 Å². The van der Waals surface area contributed by atoms with Crippen LogP contribution >= 0.6 is 0 Å². The molecule has 0 fully saturated rings. The number of allylic oxidation sites excluding steroid dienone is 1. The zero-order valence-corrected chi connectivity index (χ0v) is 19.7. The lowest BCUT2D eigenvalue weighted by Gasteiger charge is -2.34. The molecule has 29 heavy (non-hydrogen) atoms. The SMILES string of the molecule is CCCCCCCCCCCCCCCCC/C=C/C1NC=C[N+]1(CC)CCO. The summed E-state index contributed by atoms with van der Waals surface area (Å²) in [7, 11) is 0. The van der Waals surface area contributed by atoms with Gasteiger partial charge in [-0.2, -0.15) is 0 Å². The Morgan fingerprint density at radius 2 is 1.31 bits per heavy atom. The summed E-state index contributed by atoms with van der Waals surface area (Å²) < 4.78 is 0.825. The van der Waals surface area contributed by atoms with Crippen LogP contribution in [0.3, 0.4) is 0 Å². The smallest absolute Gasteiger partial charge is 0.185 e. The third-order valence-electron chi connectivity index (χ3n) is 6.59. The first-order valence-electron chi connectivity index (χ1n) is 12.9. The molecule has 2 unspecified atom stereocenters. The van der Waals surface area contributed by atoms with Crippen molar-refractivity contribution in [2.45, 2.75) is 123 Å². The van der Waals surface area contributed by atoms with Crippen LogP contribution in [0.2, 0.25) is 0 Å². The van der Waals surface area contributed by atoms with E-state index in [9.17, 15) is 5.11 Å². The second kappa shape index (κ2) is 18.0. The van der Waals surface area contributed by atoms with Crippen LogP contribution < -0.4 is 5.32 Å². The molecule has 2 atom stereocenters. The number of aliphatic hydroxyl groups excluding tert-OH is 1. The van der Waals surface area contributed by atoms with Gasteiger partial charge in [-0.25, -0.2) is 0 Å². The molecular weight excluding hydrogens is 356 g/mol. The van der Waals surface area contributed by atoms with Crippen molar-refractivity contribution in [3.63, 3.8) is 0 Å². The summed E-state index contributed by atoms with van der Waals surface area (Å²) in [6, 6.07) is 0. The standard InChI is InChI=1S/C26H51N2O/c1-3-5-6-7-8-9-10-11-12-13-14-15-16-17-18-19-20-21-26-27-22-23-28(26,4-2)24-25-29/h20-23,26-27,29H,3-19,24-25H2,1-2H3/q+1/b21-20+. The van der Waals surface area contributed by atoms with Gasteiger partial charge in [0.05, 0.1) is 19.4 Å². The molecule has 0 amide bonds. The second-order valence-corrected chi connectivity index (χ2v) is 8.96. The molecule has 0 aromatic rings. The molecule has 3 heteroatoms. The lowest BCUT2D eigenvalue weighted by atomic mass is 10.0. The van der Waals surface area contributed by atoms with Crippen molar-refractivity contribution >= 4 is 0 Å². The summed E-state index contributed by atoms with van der Waals surface area (Å²) in [6.45, 7) is 6.53. The zero-order valence-electron chi connectivity index (χ0n) is 19.7. The third kappa shape index (κ3) is 11.8. The lowest BCUT2D eigenvalue weighted by molar-refractivity contribution is -0.892. The summed E-state index contributed by atoms with van der Waals surface area (Å²) >= 11 is 0. The summed E-state index contributed by atoms with van der Waals surface area (Å²) in [4.78, 5) is 0. The molecule has 170 valence electrons. The highest BCUT2D eigenvalue weighted by atomic mass is 16.3. The van der Waals surface area contributed by atoms with Gasteiger partial charge in [0.25, 0.3) is 0 Å². The van der Waals surface area contributed by atoms with Crippen molar-refractivity contribution in [2.24, 2.45) is 0 Å². The van der Waals surface area contributed by atoms with Crippen molar-refractivity contribution < 1.29 is 9.59 Å². The quantitative estimate of drug-likeness (QED) is 0.129. The molecule has 0 aromatic carbocycles. The number of hydrogen-bond donors (Lipinski definition) is 2. The molecule has 0 radical (unpaired) electrons. The normalized spacial score (nSPS) is 21.3. The van der Waals surface area contributed by atoms with E-state index >= 15 is 0 Å². The Balaban J connectivity index is 1.88. The average Bonchev–Trinajstić information content (AvgIpc) is 3.13. The molecule has 3 nitrogen and oxygen atoms in total. The zero-order chi connectivity index (χ0) is 21.0. The number of nitrogens with one attached hydrogen (secondary N) is 1. The van der Waals surface area contributed by atoms with E-state index < -0.39 is 0 Å². The second-order valence-electron chi connectivity index (χ2n) is 8.96. The molecule has 0 aliphatic carbocycles. The Kier molecular flexibility index (Phi) is 16.3. The Bertz CT molecular complexity index is 421. The number of hydrogen-bond acceptors (Lipinski definition) is 2. The third-order valence-corrected chi connectivity index (χ3v) is 6.59. The van der Waals surface area contributed by atoms with Crippen molar-refractivity contribution in [3.05, 3.63) is 24.6 Å². The van der Waals surface area contributed by atoms with Gasteiger partial charge in [0.1, 0.15) is 12.7 Å². The molecule has 2 N–H and O–H groups in total. The fourth-order valence-corrected chi connectivity index (χ4v) is 4.48. The van der Waals surface area contributed by atoms with Gasteiger partial charge in [-0.1, -0.05) is 103 Å². The van der Waals surface area contributed by atoms with Gasteiger partial charge in [0.2, 0.25) is 0 Å². The van der Waals surface area contributed by atoms with Crippen molar-refractivity contribution in [1.29, 1.82) is 0 Å². The molecule has 1 aliphatic heterocycles. The van der Waals surface area contributed by atoms with E-state index in [0.717, 1.165) is 17.6 Å². The van der Waals surface area contributed by atoms with E-state index in [4.69, 9.17) is 0 Å². The number of aliphatic hydroxyl groups is 1. The van der Waals surface area contributed by atoms with E-state index in [-0.39, 0.29) is 6.61 Å². The van der Waals surface area contributed by atoms with E-state index in [1.165, 1.54) is 103 Å². The maximum absolute atomic E-state index is 9.36. The first-order chi connectivity index (χ1) is 14.3. The van der Waals surface area contributed by atoms with Gasteiger partial charge in [-0.3, -0.25) is 4.48 Å². The highest BCUT2D eigenvalue weighted by molar-refractivity contribution is 4.97. The van der Waals surface area contributed by atoms with E-state index in [1.54, 1.807) is 0 Å². The predicted molar refractivity (Wildman–Crippen MR) is 128 cm³/mol. The molecule has 0 saturated heterocycles. The van der Waals surface area contributed by atoms with Gasteiger partial charge in [-0.05, 0) is 25.8 Å². The Labute approximate surface area is 182 Å². The average molecular weight is 408 g/mol. The minimum atomic E-state index is 0.239. The van der Waals surface area contributed by atoms with Gasteiger partial charge in [0.15, 0.2) is 6.17 Å². The van der Waals surface area contributed by atoms with Crippen LogP contribution in [-0.4, -0.2) is 35.5 Å². The van der Waals surface area contributed by atoms with Crippen molar-refractivity contribution in [1.82, 2.24) is 5.32 Å². The largest absolute Gasteiger partial charge is 0.390 e. The Morgan fingerprint density at radius 1 is 0.793 bits per heavy atom. The number of nitrogens with zero attached hydrogens (tertiary/aromatic N) is 1. The molecule has 1 rings (SSSR count). The lowest BCUT2D eigenvalue weighted by Crippen LogP contribution is -2.53. The molecule has 0 aromatic heterocycles. The fraction of sp³-hybridized carbons (Fsp3) is 0.846. The number of rotatable bonds is 20. The van der Waals surface area contributed by atoms with Crippen LogP contribution in [0.25, 0.3) is 0 Å². The Morgan fingerprint density at radius 3 is 1.79 bits per heavy atom. The first kappa shape index (κ1) is 26.2. The van der Waals surface area contributed by atoms with Crippen LogP contribution in [-0.2, 0) is 0 Å². The summed E-state index contributed by atoms with van der Waals surface area (Å²) in [5.74, 6) is 0. The fourth-order valence-electron chi connectivity index (χ4n) is 4.48. The van der Waals surface area contributed by atoms with Crippen molar-refractivity contribution in [2.75, 3.05) is 19.7 Å². The molecular formula is C26H51N2O+. The van der Waals surface area contributed by atoms with E-state index in [1.807, 2.05) is 6.20 Å². The van der Waals surface area contributed by atoms with Crippen molar-refractivity contribution in [3.8, 4) is 0 Å². The molecule has 1 heterocycles. The maximum atomic E-state index is 9.36. The van der Waals surface area contributed by atoms with E-state index in [0.29, 0.717) is 6.17 Å². The topological polar surface area (TPSA) is 32.3 Å². The summed E-state index contributed by atoms with van der Waals surface area (Å²) in [6.07, 6.45) is 31.7. The minimum absolute atomic E-state index is 0.239. The van der Waals surface area contributed by atoms with E-state index in [2.05, 4.69) is 37.5 Å². The molecule has 0 spiro atoms. The molecule has 0 bridgehead atoms.